The summed E-state index contributed by atoms with van der Waals surface area (Å²) in [7, 11) is 0. The Labute approximate surface area is 133 Å². The van der Waals surface area contributed by atoms with Crippen LogP contribution in [0.15, 0.2) is 24.4 Å². The van der Waals surface area contributed by atoms with Crippen LogP contribution >= 0.6 is 22.9 Å². The third kappa shape index (κ3) is 2.47. The minimum Gasteiger partial charge on any atom is -0.317 e. The van der Waals surface area contributed by atoms with Crippen molar-refractivity contribution in [2.45, 2.75) is 39.1 Å². The van der Waals surface area contributed by atoms with Crippen molar-refractivity contribution in [3.05, 3.63) is 45.7 Å². The molecule has 0 aliphatic heterocycles. The van der Waals surface area contributed by atoms with E-state index < -0.39 is 0 Å². The highest BCUT2D eigenvalue weighted by atomic mass is 35.5. The van der Waals surface area contributed by atoms with E-state index in [4.69, 9.17) is 16.6 Å². The predicted octanol–water partition coefficient (Wildman–Crippen LogP) is 4.71. The third-order valence-electron chi connectivity index (χ3n) is 3.78. The molecule has 1 atom stereocenters. The normalized spacial score (nSPS) is 13.0. The zero-order chi connectivity index (χ0) is 15.0. The Morgan fingerprint density at radius 3 is 2.86 bits per heavy atom. The van der Waals surface area contributed by atoms with Gasteiger partial charge in [-0.1, -0.05) is 19.1 Å². The summed E-state index contributed by atoms with van der Waals surface area (Å²) in [4.78, 5) is 10.6. The van der Waals surface area contributed by atoms with Crippen molar-refractivity contribution in [3.8, 4) is 0 Å². The molecule has 3 aromatic rings. The van der Waals surface area contributed by atoms with Gasteiger partial charge in [-0.15, -0.1) is 22.9 Å². The number of para-hydroxylation sites is 1. The van der Waals surface area contributed by atoms with Crippen LogP contribution in [0.3, 0.4) is 0 Å². The van der Waals surface area contributed by atoms with E-state index in [1.807, 2.05) is 6.20 Å². The average molecular weight is 320 g/mol. The Kier molecular flexibility index (Phi) is 4.00. The molecule has 2 heterocycles. The van der Waals surface area contributed by atoms with Crippen LogP contribution in [0.5, 0.6) is 0 Å². The number of alkyl halides is 1. The first-order valence-electron chi connectivity index (χ1n) is 7.12. The van der Waals surface area contributed by atoms with Crippen molar-refractivity contribution in [1.29, 1.82) is 0 Å². The maximum Gasteiger partial charge on any atom is 0.125 e. The molecule has 1 unspecified atom stereocenters. The number of aryl methyl sites for hydroxylation is 2. The Morgan fingerprint density at radius 1 is 1.38 bits per heavy atom. The lowest BCUT2D eigenvalue weighted by atomic mass is 10.2. The number of fused-ring (bicyclic) bond motifs is 1. The molecule has 0 bridgehead atoms. The maximum absolute atomic E-state index is 6.12. The first-order valence-corrected chi connectivity index (χ1v) is 8.47. The summed E-state index contributed by atoms with van der Waals surface area (Å²) < 4.78 is 2.22. The monoisotopic (exact) mass is 319 g/mol. The highest BCUT2D eigenvalue weighted by Crippen LogP contribution is 2.30. The number of rotatable bonds is 4. The van der Waals surface area contributed by atoms with Crippen LogP contribution in [0, 0.1) is 6.92 Å². The van der Waals surface area contributed by atoms with Gasteiger partial charge < -0.3 is 4.57 Å². The second kappa shape index (κ2) is 5.78. The largest absolute Gasteiger partial charge is 0.317 e. The van der Waals surface area contributed by atoms with E-state index in [0.29, 0.717) is 5.88 Å². The van der Waals surface area contributed by atoms with Crippen LogP contribution in [0.4, 0.5) is 0 Å². The van der Waals surface area contributed by atoms with Gasteiger partial charge in [0.2, 0.25) is 0 Å². The summed E-state index contributed by atoms with van der Waals surface area (Å²) in [5.74, 6) is 1.31. The number of halogens is 1. The number of nitrogens with zero attached hydrogens (tertiary/aromatic N) is 3. The second-order valence-corrected chi connectivity index (χ2v) is 6.58. The van der Waals surface area contributed by atoms with Gasteiger partial charge in [0.25, 0.3) is 0 Å². The molecule has 0 radical (unpaired) electrons. The Hall–Kier alpha value is -1.39. The summed E-state index contributed by atoms with van der Waals surface area (Å²) in [6.07, 6.45) is 3.00. The van der Waals surface area contributed by atoms with Crippen LogP contribution in [0.1, 0.15) is 41.2 Å². The van der Waals surface area contributed by atoms with E-state index in [1.54, 1.807) is 11.3 Å². The summed E-state index contributed by atoms with van der Waals surface area (Å²) in [5, 5.41) is 1.11. The summed E-state index contributed by atoms with van der Waals surface area (Å²) in [6.45, 7) is 6.40. The molecule has 21 heavy (non-hydrogen) atoms. The van der Waals surface area contributed by atoms with Crippen molar-refractivity contribution < 1.29 is 0 Å². The van der Waals surface area contributed by atoms with E-state index >= 15 is 0 Å². The maximum atomic E-state index is 6.12. The first-order chi connectivity index (χ1) is 10.2. The molecular formula is C16H18ClN3S. The van der Waals surface area contributed by atoms with Crippen molar-refractivity contribution in [3.63, 3.8) is 0 Å². The van der Waals surface area contributed by atoms with Gasteiger partial charge in [0.1, 0.15) is 10.8 Å². The fraction of sp³-hybridized carbons (Fsp3) is 0.375. The smallest absolute Gasteiger partial charge is 0.125 e. The van der Waals surface area contributed by atoms with E-state index in [9.17, 15) is 0 Å². The fourth-order valence-corrected chi connectivity index (χ4v) is 3.71. The van der Waals surface area contributed by atoms with Gasteiger partial charge in [-0.3, -0.25) is 0 Å². The lowest BCUT2D eigenvalue weighted by Gasteiger charge is -2.14. The van der Waals surface area contributed by atoms with E-state index in [1.165, 1.54) is 10.4 Å². The van der Waals surface area contributed by atoms with Crippen LogP contribution in [0.2, 0.25) is 0 Å². The fourth-order valence-electron chi connectivity index (χ4n) is 2.62. The quantitative estimate of drug-likeness (QED) is 0.652. The van der Waals surface area contributed by atoms with Crippen LogP contribution < -0.4 is 0 Å². The summed E-state index contributed by atoms with van der Waals surface area (Å²) in [5.41, 5.74) is 3.34. The predicted molar refractivity (Wildman–Crippen MR) is 89.3 cm³/mol. The Morgan fingerprint density at radius 2 is 2.19 bits per heavy atom. The molecular weight excluding hydrogens is 302 g/mol. The zero-order valence-electron chi connectivity index (χ0n) is 12.4. The van der Waals surface area contributed by atoms with Crippen LogP contribution in [-0.2, 0) is 12.3 Å². The first kappa shape index (κ1) is 14.5. The average Bonchev–Trinajstić information content (AvgIpc) is 3.11. The standard InChI is InChI=1S/C16H18ClN3S/c1-4-12-9-18-16(21-12)11(3)20-13-7-5-6-10(2)15(13)19-14(20)8-17/h5-7,9,11H,4,8H2,1-3H3. The third-order valence-corrected chi connectivity index (χ3v) is 5.33. The summed E-state index contributed by atoms with van der Waals surface area (Å²) in [6, 6.07) is 6.41. The topological polar surface area (TPSA) is 30.7 Å². The number of thiazole rings is 1. The van der Waals surface area contributed by atoms with Gasteiger partial charge in [0.15, 0.2) is 0 Å². The molecule has 0 fully saturated rings. The van der Waals surface area contributed by atoms with E-state index in [2.05, 4.69) is 48.5 Å². The molecule has 5 heteroatoms. The number of hydrogen-bond donors (Lipinski definition) is 0. The van der Waals surface area contributed by atoms with E-state index in [-0.39, 0.29) is 6.04 Å². The molecule has 0 saturated carbocycles. The number of aromatic nitrogens is 3. The van der Waals surface area contributed by atoms with Crippen molar-refractivity contribution in [2.75, 3.05) is 0 Å². The minimum absolute atomic E-state index is 0.149. The van der Waals surface area contributed by atoms with Crippen molar-refractivity contribution in [1.82, 2.24) is 14.5 Å². The van der Waals surface area contributed by atoms with Crippen molar-refractivity contribution >= 4 is 34.0 Å². The lowest BCUT2D eigenvalue weighted by molar-refractivity contribution is 0.630. The van der Waals surface area contributed by atoms with Crippen LogP contribution in [-0.4, -0.2) is 14.5 Å². The van der Waals surface area contributed by atoms with E-state index in [0.717, 1.165) is 28.3 Å². The molecule has 0 amide bonds. The molecule has 0 saturated heterocycles. The number of hydrogen-bond acceptors (Lipinski definition) is 3. The summed E-state index contributed by atoms with van der Waals surface area (Å²) >= 11 is 7.89. The van der Waals surface area contributed by atoms with Gasteiger partial charge in [-0.05, 0) is 31.9 Å². The van der Waals surface area contributed by atoms with Gasteiger partial charge in [-0.25, -0.2) is 9.97 Å². The Balaban J connectivity index is 2.16. The minimum atomic E-state index is 0.149. The van der Waals surface area contributed by atoms with Gasteiger partial charge in [-0.2, -0.15) is 0 Å². The van der Waals surface area contributed by atoms with Gasteiger partial charge in [0, 0.05) is 11.1 Å². The highest BCUT2D eigenvalue weighted by Gasteiger charge is 2.19. The molecule has 0 N–H and O–H groups in total. The number of imidazole rings is 1. The lowest BCUT2D eigenvalue weighted by Crippen LogP contribution is -2.09. The zero-order valence-corrected chi connectivity index (χ0v) is 14.0. The second-order valence-electron chi connectivity index (χ2n) is 5.17. The highest BCUT2D eigenvalue weighted by molar-refractivity contribution is 7.11. The Bertz CT molecular complexity index is 775. The van der Waals surface area contributed by atoms with Gasteiger partial charge in [0.05, 0.1) is 23.0 Å². The number of benzene rings is 1. The molecule has 0 aliphatic rings. The molecule has 0 spiro atoms. The molecule has 1 aromatic carbocycles. The van der Waals surface area contributed by atoms with Gasteiger partial charge >= 0.3 is 0 Å². The molecule has 3 nitrogen and oxygen atoms in total. The molecule has 3 rings (SSSR count). The molecule has 2 aromatic heterocycles. The molecule has 110 valence electrons. The van der Waals surface area contributed by atoms with Crippen LogP contribution in [0.25, 0.3) is 11.0 Å². The molecule has 0 aliphatic carbocycles. The van der Waals surface area contributed by atoms with Crippen molar-refractivity contribution in [2.24, 2.45) is 0 Å². The SMILES string of the molecule is CCc1cnc(C(C)n2c(CCl)nc3c(C)cccc32)s1.